The Labute approximate surface area is 222 Å². The highest BCUT2D eigenvalue weighted by Crippen LogP contribution is 2.42. The topological polar surface area (TPSA) is 57.0 Å². The number of aromatic nitrogens is 3. The lowest BCUT2D eigenvalue weighted by atomic mass is 10.0. The third-order valence-corrected chi connectivity index (χ3v) is 7.75. The minimum Gasteiger partial charge on any atom is -0.456 e. The summed E-state index contributed by atoms with van der Waals surface area (Å²) >= 11 is 0. The first kappa shape index (κ1) is 22.1. The summed E-state index contributed by atoms with van der Waals surface area (Å²) < 4.78 is 28.8. The number of nitrogens with zero attached hydrogens (tertiary/aromatic N) is 3. The van der Waals surface area contributed by atoms with E-state index in [4.69, 9.17) is 13.8 Å². The molecule has 0 atom stereocenters. The van der Waals surface area contributed by atoms with Crippen molar-refractivity contribution in [1.82, 2.24) is 14.5 Å². The van der Waals surface area contributed by atoms with Crippen molar-refractivity contribution >= 4 is 55.0 Å². The van der Waals surface area contributed by atoms with Gasteiger partial charge in [-0.15, -0.1) is 0 Å². The summed E-state index contributed by atoms with van der Waals surface area (Å²) in [6, 6.07) is 25.6. The van der Waals surface area contributed by atoms with Gasteiger partial charge in [0, 0.05) is 27.1 Å². The van der Waals surface area contributed by atoms with Crippen LogP contribution < -0.4 is 0 Å². The van der Waals surface area contributed by atoms with Crippen LogP contribution in [0, 0.1) is 26.7 Å². The molecule has 0 aliphatic carbocycles. The van der Waals surface area contributed by atoms with Gasteiger partial charge < -0.3 is 8.83 Å². The molecule has 0 spiro atoms. The first-order chi connectivity index (χ1) is 19.0. The van der Waals surface area contributed by atoms with Gasteiger partial charge in [0.05, 0.1) is 22.3 Å². The maximum absolute atomic E-state index is 14.0. The van der Waals surface area contributed by atoms with Crippen molar-refractivity contribution < 1.29 is 13.2 Å². The van der Waals surface area contributed by atoms with E-state index in [0.717, 1.165) is 77.5 Å². The number of pyridine rings is 1. The van der Waals surface area contributed by atoms with Crippen LogP contribution in [0.25, 0.3) is 72.1 Å². The molecule has 4 aromatic carbocycles. The standard InChI is InChI=1S/C33H22FN3O2/c1-17-12-13-22(31-28(17)21-14-15-27(34)36-33(21)39-31)32-35-24-9-5-6-10-25(24)37(32)29-18(2)16-23-20-8-4-7-11-26(20)38-30(23)19(29)3/h4-16H,1-3H3. The van der Waals surface area contributed by atoms with Crippen LogP contribution in [0.15, 0.2) is 87.7 Å². The summed E-state index contributed by atoms with van der Waals surface area (Å²) in [5.74, 6) is 0.167. The van der Waals surface area contributed by atoms with Crippen LogP contribution >= 0.6 is 0 Å². The van der Waals surface area contributed by atoms with Crippen molar-refractivity contribution in [1.29, 1.82) is 0 Å². The Bertz CT molecular complexity index is 2290. The molecular weight excluding hydrogens is 489 g/mol. The largest absolute Gasteiger partial charge is 0.456 e. The number of rotatable bonds is 2. The summed E-state index contributed by atoms with van der Waals surface area (Å²) in [7, 11) is 0. The summed E-state index contributed by atoms with van der Waals surface area (Å²) in [5, 5.41) is 3.89. The van der Waals surface area contributed by atoms with E-state index >= 15 is 0 Å². The van der Waals surface area contributed by atoms with Crippen molar-refractivity contribution in [2.75, 3.05) is 0 Å². The average molecular weight is 512 g/mol. The number of furan rings is 2. The van der Waals surface area contributed by atoms with E-state index in [1.54, 1.807) is 6.07 Å². The highest BCUT2D eigenvalue weighted by atomic mass is 19.1. The van der Waals surface area contributed by atoms with E-state index in [9.17, 15) is 4.39 Å². The lowest BCUT2D eigenvalue weighted by molar-refractivity contribution is 0.569. The molecule has 0 aliphatic heterocycles. The lowest BCUT2D eigenvalue weighted by Crippen LogP contribution is -2.03. The molecule has 6 heteroatoms. The Balaban J connectivity index is 1.50. The third-order valence-electron chi connectivity index (χ3n) is 7.75. The molecule has 0 unspecified atom stereocenters. The summed E-state index contributed by atoms with van der Waals surface area (Å²) in [6.07, 6.45) is 0. The van der Waals surface area contributed by atoms with Gasteiger partial charge in [-0.3, -0.25) is 4.57 Å². The summed E-state index contributed by atoms with van der Waals surface area (Å²) in [4.78, 5) is 9.13. The van der Waals surface area contributed by atoms with Crippen molar-refractivity contribution in [2.45, 2.75) is 20.8 Å². The quantitative estimate of drug-likeness (QED) is 0.217. The molecule has 8 rings (SSSR count). The second kappa shape index (κ2) is 7.77. The van der Waals surface area contributed by atoms with E-state index < -0.39 is 5.95 Å². The van der Waals surface area contributed by atoms with E-state index in [1.165, 1.54) is 6.07 Å². The third kappa shape index (κ3) is 3.00. The Hall–Kier alpha value is -4.97. The van der Waals surface area contributed by atoms with Crippen molar-refractivity contribution in [3.8, 4) is 17.1 Å². The molecule has 8 aromatic rings. The van der Waals surface area contributed by atoms with Crippen molar-refractivity contribution in [3.05, 3.63) is 102 Å². The van der Waals surface area contributed by atoms with Crippen LogP contribution in [0.2, 0.25) is 0 Å². The van der Waals surface area contributed by atoms with E-state index in [0.29, 0.717) is 5.58 Å². The van der Waals surface area contributed by atoms with Crippen molar-refractivity contribution in [3.63, 3.8) is 0 Å². The van der Waals surface area contributed by atoms with Gasteiger partial charge in [-0.1, -0.05) is 36.4 Å². The molecule has 0 saturated carbocycles. The first-order valence-electron chi connectivity index (χ1n) is 12.9. The molecule has 0 N–H and O–H groups in total. The molecule has 39 heavy (non-hydrogen) atoms. The molecule has 0 radical (unpaired) electrons. The van der Waals surface area contributed by atoms with Crippen LogP contribution in [0.5, 0.6) is 0 Å². The Kier molecular flexibility index (Phi) is 4.39. The van der Waals surface area contributed by atoms with Crippen LogP contribution in [-0.4, -0.2) is 14.5 Å². The maximum Gasteiger partial charge on any atom is 0.229 e. The van der Waals surface area contributed by atoms with E-state index in [-0.39, 0.29) is 5.71 Å². The maximum atomic E-state index is 14.0. The smallest absolute Gasteiger partial charge is 0.229 e. The van der Waals surface area contributed by atoms with Crippen LogP contribution in [0.4, 0.5) is 4.39 Å². The van der Waals surface area contributed by atoms with Gasteiger partial charge >= 0.3 is 0 Å². The zero-order chi connectivity index (χ0) is 26.4. The van der Waals surface area contributed by atoms with Crippen molar-refractivity contribution in [2.24, 2.45) is 0 Å². The zero-order valence-corrected chi connectivity index (χ0v) is 21.5. The van der Waals surface area contributed by atoms with E-state index in [1.807, 2.05) is 49.4 Å². The fourth-order valence-electron chi connectivity index (χ4n) is 6.03. The minimum absolute atomic E-state index is 0.277. The molecular formula is C33H22FN3O2. The first-order valence-corrected chi connectivity index (χ1v) is 12.9. The minimum atomic E-state index is -0.571. The summed E-state index contributed by atoms with van der Waals surface area (Å²) in [6.45, 7) is 6.25. The second-order valence-electron chi connectivity index (χ2n) is 10.1. The van der Waals surface area contributed by atoms with Gasteiger partial charge in [-0.25, -0.2) is 4.98 Å². The number of hydrogen-bond donors (Lipinski definition) is 0. The molecule has 0 fully saturated rings. The Morgan fingerprint density at radius 2 is 1.54 bits per heavy atom. The fourth-order valence-corrected chi connectivity index (χ4v) is 6.03. The van der Waals surface area contributed by atoms with Gasteiger partial charge in [0.1, 0.15) is 22.6 Å². The zero-order valence-electron chi connectivity index (χ0n) is 21.5. The monoisotopic (exact) mass is 511 g/mol. The molecule has 0 amide bonds. The van der Waals surface area contributed by atoms with Gasteiger partial charge in [-0.2, -0.15) is 9.37 Å². The Morgan fingerprint density at radius 3 is 2.44 bits per heavy atom. The van der Waals surface area contributed by atoms with Gasteiger partial charge in [0.2, 0.25) is 11.7 Å². The molecule has 0 saturated heterocycles. The molecule has 0 aliphatic rings. The van der Waals surface area contributed by atoms with Gasteiger partial charge in [0.15, 0.2) is 0 Å². The SMILES string of the molecule is Cc1cc2c(oc3ccccc32)c(C)c1-n1c(-c2ccc(C)c3c2oc2nc(F)ccc23)nc2ccccc21. The van der Waals surface area contributed by atoms with Gasteiger partial charge in [-0.05, 0) is 74.4 Å². The van der Waals surface area contributed by atoms with Crippen LogP contribution in [0.1, 0.15) is 16.7 Å². The van der Waals surface area contributed by atoms with Crippen LogP contribution in [0.3, 0.4) is 0 Å². The number of imidazole rings is 1. The molecule has 4 aromatic heterocycles. The number of benzene rings is 4. The predicted molar refractivity (Wildman–Crippen MR) is 153 cm³/mol. The Morgan fingerprint density at radius 1 is 0.718 bits per heavy atom. The highest BCUT2D eigenvalue weighted by Gasteiger charge is 2.24. The predicted octanol–water partition coefficient (Wildman–Crippen LogP) is 8.95. The number of fused-ring (bicyclic) bond motifs is 7. The van der Waals surface area contributed by atoms with E-state index in [2.05, 4.69) is 47.7 Å². The second-order valence-corrected chi connectivity index (χ2v) is 10.1. The number of para-hydroxylation sites is 3. The molecule has 4 heterocycles. The fraction of sp³-hybridized carbons (Fsp3) is 0.0909. The average Bonchev–Trinajstić information content (AvgIpc) is 3.61. The molecule has 0 bridgehead atoms. The summed E-state index contributed by atoms with van der Waals surface area (Å²) in [5.41, 5.74) is 9.47. The molecule has 5 nitrogen and oxygen atoms in total. The lowest BCUT2D eigenvalue weighted by Gasteiger charge is -2.16. The van der Waals surface area contributed by atoms with Gasteiger partial charge in [0.25, 0.3) is 0 Å². The highest BCUT2D eigenvalue weighted by molar-refractivity contribution is 6.11. The number of hydrogen-bond acceptors (Lipinski definition) is 4. The normalized spacial score (nSPS) is 12.1. The van der Waals surface area contributed by atoms with Crippen LogP contribution in [-0.2, 0) is 0 Å². The molecule has 188 valence electrons. The number of aryl methyl sites for hydroxylation is 3. The number of halogens is 1.